The standard InChI is InChI=1S/C15H24FN3/c1-17-7-9-19-12-10-18(11-13-19)8-6-14-2-4-15(16)5-3-14/h2-5,17H,6-13H2,1H3. The van der Waals surface area contributed by atoms with Crippen molar-refractivity contribution in [1.82, 2.24) is 15.1 Å². The molecule has 2 rings (SSSR count). The highest BCUT2D eigenvalue weighted by Gasteiger charge is 2.15. The van der Waals surface area contributed by atoms with Crippen LogP contribution in [0.4, 0.5) is 4.39 Å². The second-order valence-electron chi connectivity index (χ2n) is 5.16. The Bertz CT molecular complexity index is 358. The van der Waals surface area contributed by atoms with Crippen molar-refractivity contribution < 1.29 is 4.39 Å². The number of rotatable bonds is 6. The quantitative estimate of drug-likeness (QED) is 0.834. The zero-order chi connectivity index (χ0) is 13.5. The van der Waals surface area contributed by atoms with Crippen LogP contribution in [-0.4, -0.2) is 62.7 Å². The molecule has 1 fully saturated rings. The van der Waals surface area contributed by atoms with Crippen LogP contribution in [-0.2, 0) is 6.42 Å². The van der Waals surface area contributed by atoms with E-state index in [-0.39, 0.29) is 5.82 Å². The molecule has 1 N–H and O–H groups in total. The average molecular weight is 265 g/mol. The first-order valence-corrected chi connectivity index (χ1v) is 7.11. The van der Waals surface area contributed by atoms with Gasteiger partial charge < -0.3 is 10.2 Å². The van der Waals surface area contributed by atoms with Gasteiger partial charge in [0.25, 0.3) is 0 Å². The third kappa shape index (κ3) is 4.90. The Morgan fingerprint density at radius 2 is 1.58 bits per heavy atom. The van der Waals surface area contributed by atoms with Crippen molar-refractivity contribution in [3.05, 3.63) is 35.6 Å². The van der Waals surface area contributed by atoms with Gasteiger partial charge in [0.1, 0.15) is 5.82 Å². The maximum absolute atomic E-state index is 12.8. The van der Waals surface area contributed by atoms with Crippen molar-refractivity contribution in [1.29, 1.82) is 0 Å². The zero-order valence-corrected chi connectivity index (χ0v) is 11.7. The molecule has 1 aromatic rings. The Hall–Kier alpha value is -0.970. The van der Waals surface area contributed by atoms with Crippen molar-refractivity contribution in [2.45, 2.75) is 6.42 Å². The van der Waals surface area contributed by atoms with Gasteiger partial charge in [-0.2, -0.15) is 0 Å². The van der Waals surface area contributed by atoms with Crippen molar-refractivity contribution in [3.8, 4) is 0 Å². The maximum atomic E-state index is 12.8. The van der Waals surface area contributed by atoms with Gasteiger partial charge in [-0.05, 0) is 31.2 Å². The predicted octanol–water partition coefficient (Wildman–Crippen LogP) is 1.21. The molecular weight excluding hydrogens is 241 g/mol. The number of piperazine rings is 1. The molecule has 1 saturated heterocycles. The lowest BCUT2D eigenvalue weighted by molar-refractivity contribution is 0.134. The van der Waals surface area contributed by atoms with Crippen LogP contribution in [0, 0.1) is 5.82 Å². The van der Waals surface area contributed by atoms with E-state index in [1.165, 1.54) is 5.56 Å². The molecule has 106 valence electrons. The first-order valence-electron chi connectivity index (χ1n) is 7.11. The van der Waals surface area contributed by atoms with Crippen LogP contribution in [0.3, 0.4) is 0 Å². The summed E-state index contributed by atoms with van der Waals surface area (Å²) >= 11 is 0. The molecular formula is C15H24FN3. The summed E-state index contributed by atoms with van der Waals surface area (Å²) < 4.78 is 12.8. The minimum Gasteiger partial charge on any atom is -0.318 e. The summed E-state index contributed by atoms with van der Waals surface area (Å²) in [5, 5.41) is 3.19. The third-order valence-corrected chi connectivity index (χ3v) is 3.77. The van der Waals surface area contributed by atoms with Crippen LogP contribution < -0.4 is 5.32 Å². The van der Waals surface area contributed by atoms with E-state index in [1.807, 2.05) is 19.2 Å². The number of halogens is 1. The summed E-state index contributed by atoms with van der Waals surface area (Å²) in [6.07, 6.45) is 1.01. The molecule has 0 unspecified atom stereocenters. The van der Waals surface area contributed by atoms with Gasteiger partial charge in [0.05, 0.1) is 0 Å². The Labute approximate surface area is 115 Å². The Morgan fingerprint density at radius 1 is 1.00 bits per heavy atom. The fraction of sp³-hybridized carbons (Fsp3) is 0.600. The topological polar surface area (TPSA) is 18.5 Å². The summed E-state index contributed by atoms with van der Waals surface area (Å²) in [6.45, 7) is 7.88. The molecule has 1 aromatic carbocycles. The molecule has 19 heavy (non-hydrogen) atoms. The predicted molar refractivity (Wildman–Crippen MR) is 76.9 cm³/mol. The highest BCUT2D eigenvalue weighted by Crippen LogP contribution is 2.06. The largest absolute Gasteiger partial charge is 0.318 e. The number of nitrogens with zero attached hydrogens (tertiary/aromatic N) is 2. The number of likely N-dealkylation sites (N-methyl/N-ethyl adjacent to an activating group) is 1. The smallest absolute Gasteiger partial charge is 0.123 e. The first-order chi connectivity index (χ1) is 9.28. The zero-order valence-electron chi connectivity index (χ0n) is 11.7. The summed E-state index contributed by atoms with van der Waals surface area (Å²) in [5.41, 5.74) is 1.22. The van der Waals surface area contributed by atoms with E-state index in [9.17, 15) is 4.39 Å². The average Bonchev–Trinajstić information content (AvgIpc) is 2.46. The fourth-order valence-corrected chi connectivity index (χ4v) is 2.44. The molecule has 0 radical (unpaired) electrons. The monoisotopic (exact) mass is 265 g/mol. The molecule has 0 amide bonds. The SMILES string of the molecule is CNCCN1CCN(CCc2ccc(F)cc2)CC1. The number of nitrogens with one attached hydrogen (secondary N) is 1. The van der Waals surface area contributed by atoms with Crippen LogP contribution in [0.15, 0.2) is 24.3 Å². The van der Waals surface area contributed by atoms with Crippen LogP contribution in [0.5, 0.6) is 0 Å². The molecule has 3 nitrogen and oxygen atoms in total. The Kier molecular flexibility index (Phi) is 5.76. The molecule has 0 atom stereocenters. The molecule has 0 aromatic heterocycles. The lowest BCUT2D eigenvalue weighted by atomic mass is 10.1. The molecule has 1 heterocycles. The Balaban J connectivity index is 1.67. The molecule has 4 heteroatoms. The lowest BCUT2D eigenvalue weighted by Gasteiger charge is -2.34. The summed E-state index contributed by atoms with van der Waals surface area (Å²) in [7, 11) is 2.00. The van der Waals surface area contributed by atoms with E-state index >= 15 is 0 Å². The highest BCUT2D eigenvalue weighted by atomic mass is 19.1. The molecule has 0 saturated carbocycles. The second kappa shape index (κ2) is 7.58. The van der Waals surface area contributed by atoms with Gasteiger partial charge in [-0.3, -0.25) is 4.90 Å². The summed E-state index contributed by atoms with van der Waals surface area (Å²) in [5.74, 6) is -0.151. The van der Waals surface area contributed by atoms with E-state index in [4.69, 9.17) is 0 Å². The summed E-state index contributed by atoms with van der Waals surface area (Å²) in [4.78, 5) is 5.00. The van der Waals surface area contributed by atoms with Crippen molar-refractivity contribution in [2.24, 2.45) is 0 Å². The lowest BCUT2D eigenvalue weighted by Crippen LogP contribution is -2.48. The normalized spacial score (nSPS) is 17.8. The van der Waals surface area contributed by atoms with E-state index < -0.39 is 0 Å². The van der Waals surface area contributed by atoms with Gasteiger partial charge in [0, 0.05) is 45.8 Å². The van der Waals surface area contributed by atoms with Crippen LogP contribution in [0.25, 0.3) is 0 Å². The van der Waals surface area contributed by atoms with Gasteiger partial charge >= 0.3 is 0 Å². The molecule has 1 aliphatic rings. The number of hydrogen-bond acceptors (Lipinski definition) is 3. The van der Waals surface area contributed by atoms with Crippen molar-refractivity contribution >= 4 is 0 Å². The van der Waals surface area contributed by atoms with Gasteiger partial charge in [-0.25, -0.2) is 4.39 Å². The minimum absolute atomic E-state index is 0.151. The van der Waals surface area contributed by atoms with Crippen molar-refractivity contribution in [3.63, 3.8) is 0 Å². The summed E-state index contributed by atoms with van der Waals surface area (Å²) in [6, 6.07) is 6.87. The van der Waals surface area contributed by atoms with E-state index in [2.05, 4.69) is 15.1 Å². The molecule has 1 aliphatic heterocycles. The minimum atomic E-state index is -0.151. The molecule has 0 spiro atoms. The second-order valence-corrected chi connectivity index (χ2v) is 5.16. The van der Waals surface area contributed by atoms with Gasteiger partial charge in [-0.15, -0.1) is 0 Å². The Morgan fingerprint density at radius 3 is 2.16 bits per heavy atom. The van der Waals surface area contributed by atoms with Gasteiger partial charge in [-0.1, -0.05) is 12.1 Å². The number of hydrogen-bond donors (Lipinski definition) is 1. The first kappa shape index (κ1) is 14.4. The number of benzene rings is 1. The van der Waals surface area contributed by atoms with E-state index in [1.54, 1.807) is 12.1 Å². The van der Waals surface area contributed by atoms with Gasteiger partial charge in [0.15, 0.2) is 0 Å². The molecule has 0 bridgehead atoms. The fourth-order valence-electron chi connectivity index (χ4n) is 2.44. The molecule has 0 aliphatic carbocycles. The van der Waals surface area contributed by atoms with Crippen LogP contribution in [0.1, 0.15) is 5.56 Å². The van der Waals surface area contributed by atoms with Crippen molar-refractivity contribution in [2.75, 3.05) is 52.9 Å². The van der Waals surface area contributed by atoms with Gasteiger partial charge in [0.2, 0.25) is 0 Å². The van der Waals surface area contributed by atoms with Crippen LogP contribution >= 0.6 is 0 Å². The van der Waals surface area contributed by atoms with E-state index in [0.29, 0.717) is 0 Å². The maximum Gasteiger partial charge on any atom is 0.123 e. The van der Waals surface area contributed by atoms with E-state index in [0.717, 1.165) is 52.2 Å². The third-order valence-electron chi connectivity index (χ3n) is 3.77. The van der Waals surface area contributed by atoms with Crippen LogP contribution in [0.2, 0.25) is 0 Å². The highest BCUT2D eigenvalue weighted by molar-refractivity contribution is 5.16.